The maximum Gasteiger partial charge on any atom is 0.255 e. The van der Waals surface area contributed by atoms with Crippen molar-refractivity contribution < 1.29 is 37.3 Å². The molecular weight excluding hydrogens is 566 g/mol. The van der Waals surface area contributed by atoms with Gasteiger partial charge in [-0.3, -0.25) is 9.78 Å². The summed E-state index contributed by atoms with van der Waals surface area (Å²) in [5.74, 6) is -4.19. The number of carbonyl (C=O) groups is 1. The number of nitrogens with one attached hydrogen (secondary N) is 1. The van der Waals surface area contributed by atoms with Crippen LogP contribution in [0, 0.1) is 23.5 Å². The van der Waals surface area contributed by atoms with E-state index in [1.807, 2.05) is 0 Å². The fourth-order valence-corrected chi connectivity index (χ4v) is 8.49. The van der Waals surface area contributed by atoms with E-state index in [0.717, 1.165) is 18.2 Å². The van der Waals surface area contributed by atoms with Gasteiger partial charge in [0, 0.05) is 35.3 Å². The van der Waals surface area contributed by atoms with Crippen molar-refractivity contribution in [3.8, 4) is 0 Å². The molecule has 2 aliphatic carbocycles. The third-order valence-electron chi connectivity index (χ3n) is 8.18. The molecule has 0 saturated heterocycles. The number of aliphatic hydroxyl groups is 3. The van der Waals surface area contributed by atoms with E-state index in [9.17, 15) is 37.3 Å². The summed E-state index contributed by atoms with van der Waals surface area (Å²) in [6.07, 6.45) is 0.930. The van der Waals surface area contributed by atoms with E-state index < -0.39 is 62.3 Å². The standard InChI is InChI=1S/C28H27ClF2N2O6S/c29-21-7-3-15(27(36)33-19-6-8-22(30)23(31)13-19)10-24(21)40(38,39)20-11-17-4-5-18(12-20)28(17,37)26(35)25(34)16-2-1-9-32-14-16/h1-3,6-10,13-14,17-18,20,25-26,34-35,37H,4-5,11-12H2,(H,33,36)/t17-,18?,20?,25?,26?,28?/m0/s1. The molecule has 12 heteroatoms. The Morgan fingerprint density at radius 2 is 1.75 bits per heavy atom. The molecule has 40 heavy (non-hydrogen) atoms. The first-order valence-electron chi connectivity index (χ1n) is 12.7. The van der Waals surface area contributed by atoms with Crippen LogP contribution in [-0.4, -0.2) is 51.6 Å². The fourth-order valence-electron chi connectivity index (χ4n) is 6.08. The zero-order valence-corrected chi connectivity index (χ0v) is 22.6. The molecule has 2 saturated carbocycles. The number of hydrogen-bond acceptors (Lipinski definition) is 7. The summed E-state index contributed by atoms with van der Waals surface area (Å²) < 4.78 is 54.3. The van der Waals surface area contributed by atoms with Crippen LogP contribution in [0.25, 0.3) is 0 Å². The summed E-state index contributed by atoms with van der Waals surface area (Å²) in [7, 11) is -4.09. The summed E-state index contributed by atoms with van der Waals surface area (Å²) >= 11 is 6.28. The van der Waals surface area contributed by atoms with Crippen molar-refractivity contribution in [1.82, 2.24) is 4.98 Å². The van der Waals surface area contributed by atoms with Crippen molar-refractivity contribution in [3.63, 3.8) is 0 Å². The van der Waals surface area contributed by atoms with E-state index in [1.54, 1.807) is 12.1 Å². The first kappa shape index (κ1) is 28.6. The largest absolute Gasteiger partial charge is 0.387 e. The van der Waals surface area contributed by atoms with Gasteiger partial charge in [-0.1, -0.05) is 17.7 Å². The van der Waals surface area contributed by atoms with Crippen LogP contribution >= 0.6 is 11.6 Å². The van der Waals surface area contributed by atoms with Crippen molar-refractivity contribution in [1.29, 1.82) is 0 Å². The highest BCUT2D eigenvalue weighted by Crippen LogP contribution is 2.55. The third kappa shape index (κ3) is 5.01. The van der Waals surface area contributed by atoms with Gasteiger partial charge in [-0.2, -0.15) is 0 Å². The average molecular weight is 593 g/mol. The first-order valence-corrected chi connectivity index (χ1v) is 14.6. The normalized spacial score (nSPS) is 25.8. The van der Waals surface area contributed by atoms with Crippen molar-refractivity contribution in [2.75, 3.05) is 5.32 Å². The van der Waals surface area contributed by atoms with E-state index >= 15 is 0 Å². The van der Waals surface area contributed by atoms with Gasteiger partial charge in [0.2, 0.25) is 0 Å². The van der Waals surface area contributed by atoms with Crippen LogP contribution in [0.4, 0.5) is 14.5 Å². The van der Waals surface area contributed by atoms with Gasteiger partial charge in [0.1, 0.15) is 12.2 Å². The van der Waals surface area contributed by atoms with Gasteiger partial charge < -0.3 is 20.6 Å². The molecule has 3 aromatic rings. The van der Waals surface area contributed by atoms with Gasteiger partial charge in [-0.15, -0.1) is 0 Å². The predicted molar refractivity (Wildman–Crippen MR) is 142 cm³/mol. The van der Waals surface area contributed by atoms with E-state index in [2.05, 4.69) is 10.3 Å². The smallest absolute Gasteiger partial charge is 0.255 e. The highest BCUT2D eigenvalue weighted by Gasteiger charge is 2.60. The Labute approximate surface area is 234 Å². The second-order valence-electron chi connectivity index (χ2n) is 10.4. The maximum absolute atomic E-state index is 13.8. The lowest BCUT2D eigenvalue weighted by atomic mass is 9.69. The Kier molecular flexibility index (Phi) is 7.71. The third-order valence-corrected chi connectivity index (χ3v) is 10.8. The molecule has 0 radical (unpaired) electrons. The molecule has 0 aliphatic heterocycles. The summed E-state index contributed by atoms with van der Waals surface area (Å²) in [5.41, 5.74) is -1.43. The zero-order chi connectivity index (χ0) is 28.8. The average Bonchev–Trinajstić information content (AvgIpc) is 3.10. The van der Waals surface area contributed by atoms with Crippen LogP contribution in [0.1, 0.15) is 47.7 Å². The molecule has 212 valence electrons. The van der Waals surface area contributed by atoms with Gasteiger partial charge in [-0.25, -0.2) is 17.2 Å². The van der Waals surface area contributed by atoms with Crippen LogP contribution in [-0.2, 0) is 9.84 Å². The molecule has 8 nitrogen and oxygen atoms in total. The molecule has 0 spiro atoms. The predicted octanol–water partition coefficient (Wildman–Crippen LogP) is 4.05. The molecule has 5 unspecified atom stereocenters. The Balaban J connectivity index is 1.37. The molecule has 2 aliphatic rings. The Hall–Kier alpha value is -2.96. The number of halogens is 3. The minimum atomic E-state index is -4.09. The summed E-state index contributed by atoms with van der Waals surface area (Å²) in [5, 5.41) is 34.8. The number of fused-ring (bicyclic) bond motifs is 2. The summed E-state index contributed by atoms with van der Waals surface area (Å²) in [6, 6.07) is 9.74. The lowest BCUT2D eigenvalue weighted by Gasteiger charge is -2.46. The number of hydrogen-bond donors (Lipinski definition) is 4. The van der Waals surface area contributed by atoms with Crippen molar-refractivity contribution in [3.05, 3.63) is 88.7 Å². The molecule has 1 amide bonds. The molecule has 2 bridgehead atoms. The number of sulfone groups is 1. The molecule has 2 aromatic carbocycles. The van der Waals surface area contributed by atoms with E-state index in [1.165, 1.54) is 30.6 Å². The Morgan fingerprint density at radius 3 is 2.38 bits per heavy atom. The van der Waals surface area contributed by atoms with Crippen LogP contribution in [0.5, 0.6) is 0 Å². The number of aliphatic hydroxyl groups excluding tert-OH is 2. The van der Waals surface area contributed by atoms with Crippen LogP contribution in [0.3, 0.4) is 0 Å². The molecule has 4 N–H and O–H groups in total. The maximum atomic E-state index is 13.8. The van der Waals surface area contributed by atoms with Gasteiger partial charge >= 0.3 is 0 Å². The Morgan fingerprint density at radius 1 is 1.05 bits per heavy atom. The van der Waals surface area contributed by atoms with Gasteiger partial charge in [0.25, 0.3) is 5.91 Å². The summed E-state index contributed by atoms with van der Waals surface area (Å²) in [4.78, 5) is 16.5. The van der Waals surface area contributed by atoms with Gasteiger partial charge in [0.05, 0.1) is 20.8 Å². The van der Waals surface area contributed by atoms with Crippen molar-refractivity contribution in [2.45, 2.75) is 53.6 Å². The number of anilines is 1. The lowest BCUT2D eigenvalue weighted by molar-refractivity contribution is -0.177. The molecule has 5 rings (SSSR count). The van der Waals surface area contributed by atoms with Crippen molar-refractivity contribution in [2.24, 2.45) is 11.8 Å². The number of carbonyl (C=O) groups excluding carboxylic acids is 1. The number of aromatic nitrogens is 1. The second-order valence-corrected chi connectivity index (χ2v) is 13.0. The molecule has 1 aromatic heterocycles. The van der Waals surface area contributed by atoms with Crippen molar-refractivity contribution >= 4 is 33.0 Å². The summed E-state index contributed by atoms with van der Waals surface area (Å²) in [6.45, 7) is 0. The number of amides is 1. The van der Waals surface area contributed by atoms with E-state index in [-0.39, 0.29) is 34.0 Å². The molecule has 1 heterocycles. The molecule has 6 atom stereocenters. The van der Waals surface area contributed by atoms with E-state index in [0.29, 0.717) is 18.4 Å². The van der Waals surface area contributed by atoms with Crippen LogP contribution < -0.4 is 5.32 Å². The highest BCUT2D eigenvalue weighted by molar-refractivity contribution is 7.92. The zero-order valence-electron chi connectivity index (χ0n) is 21.0. The number of rotatable bonds is 7. The highest BCUT2D eigenvalue weighted by atomic mass is 35.5. The topological polar surface area (TPSA) is 137 Å². The molecular formula is C28H27ClF2N2O6S. The Bertz CT molecular complexity index is 1530. The minimum absolute atomic E-state index is 0.0153. The quantitative estimate of drug-likeness (QED) is 0.325. The monoisotopic (exact) mass is 592 g/mol. The van der Waals surface area contributed by atoms with Gasteiger partial charge in [-0.05, 0) is 73.9 Å². The van der Waals surface area contributed by atoms with Crippen LogP contribution in [0.2, 0.25) is 5.02 Å². The fraction of sp³-hybridized carbons (Fsp3) is 0.357. The number of nitrogens with zero attached hydrogens (tertiary/aromatic N) is 1. The SMILES string of the molecule is O=C(Nc1ccc(F)c(F)c1)c1ccc(Cl)c(S(=O)(=O)C2CC3CC[C@@H](C2)C3(O)C(O)C(O)c2cccnc2)c1. The van der Waals surface area contributed by atoms with Crippen LogP contribution in [0.15, 0.2) is 65.8 Å². The number of pyridine rings is 1. The molecule has 2 fully saturated rings. The first-order chi connectivity index (χ1) is 18.9. The van der Waals surface area contributed by atoms with Gasteiger partial charge in [0.15, 0.2) is 21.5 Å². The van der Waals surface area contributed by atoms with E-state index in [4.69, 9.17) is 11.6 Å². The minimum Gasteiger partial charge on any atom is -0.387 e. The number of benzene rings is 2. The lowest BCUT2D eigenvalue weighted by Crippen LogP contribution is -2.57. The second kappa shape index (κ2) is 10.8.